The molecule has 2 heterocycles. The molecule has 4 N–H and O–H groups in total. The van der Waals surface area contributed by atoms with Gasteiger partial charge in [-0.25, -0.2) is 4.98 Å². The molecule has 1 aromatic heterocycles. The van der Waals surface area contributed by atoms with Gasteiger partial charge in [0.05, 0.1) is 0 Å². The molecule has 0 spiro atoms. The lowest BCUT2D eigenvalue weighted by Crippen LogP contribution is -2.46. The Morgan fingerprint density at radius 1 is 1.61 bits per heavy atom. The Hall–Kier alpha value is -1.62. The molecule has 1 amide bonds. The molecule has 0 aliphatic carbocycles. The summed E-state index contributed by atoms with van der Waals surface area (Å²) in [6.07, 6.45) is 3.82. The van der Waals surface area contributed by atoms with Gasteiger partial charge in [-0.3, -0.25) is 4.79 Å². The van der Waals surface area contributed by atoms with Crippen LogP contribution in [0.4, 0.5) is 5.82 Å². The van der Waals surface area contributed by atoms with Gasteiger partial charge >= 0.3 is 0 Å². The Morgan fingerprint density at radius 3 is 3.06 bits per heavy atom. The number of nitrogens with two attached hydrogens (primary N) is 2. The van der Waals surface area contributed by atoms with E-state index < -0.39 is 5.91 Å². The second kappa shape index (κ2) is 5.35. The lowest BCUT2D eigenvalue weighted by atomic mass is 9.92. The van der Waals surface area contributed by atoms with Crippen LogP contribution in [0.15, 0.2) is 18.3 Å². The standard InChI is InChI=1S/C13H20N4O/c1-9-3-5-17(11(6-9)8-14)12-7-10(13(15)18)2-4-16-12/h2,4,7,9,11H,3,5-6,8,14H2,1H3,(H2,15,18). The van der Waals surface area contributed by atoms with Crippen LogP contribution in [-0.4, -0.2) is 30.0 Å². The zero-order valence-electron chi connectivity index (χ0n) is 10.7. The number of anilines is 1. The predicted molar refractivity (Wildman–Crippen MR) is 71.3 cm³/mol. The van der Waals surface area contributed by atoms with Crippen LogP contribution in [0, 0.1) is 5.92 Å². The molecule has 1 aliphatic rings. The summed E-state index contributed by atoms with van der Waals surface area (Å²) in [6, 6.07) is 3.68. The first-order chi connectivity index (χ1) is 8.61. The largest absolute Gasteiger partial charge is 0.366 e. The number of hydrogen-bond donors (Lipinski definition) is 2. The van der Waals surface area contributed by atoms with Crippen LogP contribution in [-0.2, 0) is 0 Å². The molecular formula is C13H20N4O. The molecular weight excluding hydrogens is 228 g/mol. The number of aromatic nitrogens is 1. The van der Waals surface area contributed by atoms with Crippen molar-refractivity contribution in [3.05, 3.63) is 23.9 Å². The van der Waals surface area contributed by atoms with Crippen molar-refractivity contribution >= 4 is 11.7 Å². The highest BCUT2D eigenvalue weighted by molar-refractivity contribution is 5.93. The van der Waals surface area contributed by atoms with Crippen molar-refractivity contribution in [2.45, 2.75) is 25.8 Å². The summed E-state index contributed by atoms with van der Waals surface area (Å²) in [4.78, 5) is 17.7. The van der Waals surface area contributed by atoms with E-state index in [-0.39, 0.29) is 0 Å². The van der Waals surface area contributed by atoms with E-state index in [0.29, 0.717) is 24.1 Å². The zero-order chi connectivity index (χ0) is 13.1. The predicted octanol–water partition coefficient (Wildman–Crippen LogP) is 0.744. The van der Waals surface area contributed by atoms with E-state index >= 15 is 0 Å². The highest BCUT2D eigenvalue weighted by Gasteiger charge is 2.26. The quantitative estimate of drug-likeness (QED) is 0.826. The van der Waals surface area contributed by atoms with Crippen molar-refractivity contribution in [3.8, 4) is 0 Å². The first-order valence-electron chi connectivity index (χ1n) is 6.34. The van der Waals surface area contributed by atoms with Crippen molar-refractivity contribution in [2.75, 3.05) is 18.0 Å². The van der Waals surface area contributed by atoms with Crippen molar-refractivity contribution in [1.82, 2.24) is 4.98 Å². The Balaban J connectivity index is 2.24. The second-order valence-corrected chi connectivity index (χ2v) is 4.98. The van der Waals surface area contributed by atoms with Gasteiger partial charge in [-0.1, -0.05) is 6.92 Å². The van der Waals surface area contributed by atoms with Crippen LogP contribution < -0.4 is 16.4 Å². The van der Waals surface area contributed by atoms with Crippen molar-refractivity contribution in [2.24, 2.45) is 17.4 Å². The van der Waals surface area contributed by atoms with Crippen LogP contribution in [0.3, 0.4) is 0 Å². The maximum absolute atomic E-state index is 11.2. The first kappa shape index (κ1) is 12.8. The molecule has 1 aliphatic heterocycles. The van der Waals surface area contributed by atoms with Crippen LogP contribution in [0.2, 0.25) is 0 Å². The van der Waals surface area contributed by atoms with Gasteiger partial charge in [0, 0.05) is 30.9 Å². The number of hydrogen-bond acceptors (Lipinski definition) is 4. The number of primary amides is 1. The third-order valence-corrected chi connectivity index (χ3v) is 3.57. The van der Waals surface area contributed by atoms with E-state index in [1.165, 1.54) is 0 Å². The smallest absolute Gasteiger partial charge is 0.248 e. The number of piperidine rings is 1. The number of rotatable bonds is 3. The van der Waals surface area contributed by atoms with Gasteiger partial charge in [0.2, 0.25) is 5.91 Å². The Bertz CT molecular complexity index is 435. The third kappa shape index (κ3) is 2.61. The van der Waals surface area contributed by atoms with Gasteiger partial charge in [0.1, 0.15) is 5.82 Å². The number of amides is 1. The number of nitrogens with zero attached hydrogens (tertiary/aromatic N) is 2. The van der Waals surface area contributed by atoms with E-state index in [9.17, 15) is 4.79 Å². The summed E-state index contributed by atoms with van der Waals surface area (Å²) >= 11 is 0. The average molecular weight is 248 g/mol. The maximum atomic E-state index is 11.2. The van der Waals surface area contributed by atoms with Gasteiger partial charge < -0.3 is 16.4 Å². The second-order valence-electron chi connectivity index (χ2n) is 4.98. The van der Waals surface area contributed by atoms with Crippen molar-refractivity contribution in [3.63, 3.8) is 0 Å². The molecule has 0 aromatic carbocycles. The molecule has 98 valence electrons. The van der Waals surface area contributed by atoms with Gasteiger partial charge in [-0.05, 0) is 30.9 Å². The summed E-state index contributed by atoms with van der Waals surface area (Å²) in [5, 5.41) is 0. The zero-order valence-corrected chi connectivity index (χ0v) is 10.7. The van der Waals surface area contributed by atoms with Crippen LogP contribution in [0.1, 0.15) is 30.1 Å². The van der Waals surface area contributed by atoms with E-state index in [4.69, 9.17) is 11.5 Å². The fourth-order valence-corrected chi connectivity index (χ4v) is 2.51. The summed E-state index contributed by atoms with van der Waals surface area (Å²) in [6.45, 7) is 3.78. The monoisotopic (exact) mass is 248 g/mol. The molecule has 2 unspecified atom stereocenters. The number of carbonyl (C=O) groups is 1. The normalized spacial score (nSPS) is 24.0. The summed E-state index contributed by atoms with van der Waals surface area (Å²) < 4.78 is 0. The van der Waals surface area contributed by atoms with E-state index in [1.807, 2.05) is 0 Å². The molecule has 2 atom stereocenters. The van der Waals surface area contributed by atoms with Crippen LogP contribution in [0.5, 0.6) is 0 Å². The topological polar surface area (TPSA) is 85.2 Å². The molecule has 5 heteroatoms. The van der Waals surface area contributed by atoms with Crippen LogP contribution in [0.25, 0.3) is 0 Å². The van der Waals surface area contributed by atoms with Gasteiger partial charge in [-0.2, -0.15) is 0 Å². The van der Waals surface area contributed by atoms with Crippen molar-refractivity contribution < 1.29 is 4.79 Å². The van der Waals surface area contributed by atoms with E-state index in [0.717, 1.165) is 25.2 Å². The number of pyridine rings is 1. The van der Waals surface area contributed by atoms with Crippen LogP contribution >= 0.6 is 0 Å². The lowest BCUT2D eigenvalue weighted by Gasteiger charge is -2.38. The van der Waals surface area contributed by atoms with Crippen molar-refractivity contribution in [1.29, 1.82) is 0 Å². The molecule has 5 nitrogen and oxygen atoms in total. The molecule has 18 heavy (non-hydrogen) atoms. The molecule has 2 rings (SSSR count). The molecule has 0 saturated carbocycles. The molecule has 0 bridgehead atoms. The minimum atomic E-state index is -0.423. The lowest BCUT2D eigenvalue weighted by molar-refractivity contribution is 0.1000. The maximum Gasteiger partial charge on any atom is 0.248 e. The minimum absolute atomic E-state index is 0.296. The highest BCUT2D eigenvalue weighted by Crippen LogP contribution is 2.26. The molecule has 1 fully saturated rings. The van der Waals surface area contributed by atoms with Gasteiger partial charge in [0.15, 0.2) is 0 Å². The fraction of sp³-hybridized carbons (Fsp3) is 0.538. The average Bonchev–Trinajstić information content (AvgIpc) is 2.38. The third-order valence-electron chi connectivity index (χ3n) is 3.57. The Labute approximate surface area is 107 Å². The number of carbonyl (C=O) groups excluding carboxylic acids is 1. The SMILES string of the molecule is CC1CCN(c2cc(C(N)=O)ccn2)C(CN)C1. The van der Waals surface area contributed by atoms with Gasteiger partial charge in [0.25, 0.3) is 0 Å². The van der Waals surface area contributed by atoms with Gasteiger partial charge in [-0.15, -0.1) is 0 Å². The molecule has 1 saturated heterocycles. The highest BCUT2D eigenvalue weighted by atomic mass is 16.1. The first-order valence-corrected chi connectivity index (χ1v) is 6.34. The Morgan fingerprint density at radius 2 is 2.39 bits per heavy atom. The van der Waals surface area contributed by atoms with E-state index in [2.05, 4.69) is 16.8 Å². The summed E-state index contributed by atoms with van der Waals surface area (Å²) in [5.74, 6) is 1.07. The van der Waals surface area contributed by atoms with E-state index in [1.54, 1.807) is 18.3 Å². The summed E-state index contributed by atoms with van der Waals surface area (Å²) in [5.41, 5.74) is 11.6. The summed E-state index contributed by atoms with van der Waals surface area (Å²) in [7, 11) is 0. The fourth-order valence-electron chi connectivity index (χ4n) is 2.51. The Kier molecular flexibility index (Phi) is 3.81. The molecule has 0 radical (unpaired) electrons. The molecule has 1 aromatic rings. The minimum Gasteiger partial charge on any atom is -0.366 e.